The van der Waals surface area contributed by atoms with Crippen molar-refractivity contribution in [2.75, 3.05) is 18.6 Å². The number of aliphatic hydroxyl groups excluding tert-OH is 1. The highest BCUT2D eigenvalue weighted by Gasteiger charge is 2.71. The summed E-state index contributed by atoms with van der Waals surface area (Å²) in [5, 5.41) is 13.7. The number of fused-ring (bicyclic) bond motifs is 2. The number of hydrogen-bond acceptors (Lipinski definition) is 3. The number of halogens is 1. The fourth-order valence-corrected chi connectivity index (χ4v) is 8.71. The van der Waals surface area contributed by atoms with E-state index < -0.39 is 0 Å². The number of aliphatic hydroxyl groups is 1. The van der Waals surface area contributed by atoms with Gasteiger partial charge in [-0.05, 0) is 116 Å². The molecular formula is C32H39FN2O. The van der Waals surface area contributed by atoms with Crippen LogP contribution in [0.1, 0.15) is 81.0 Å². The molecule has 2 unspecified atom stereocenters. The van der Waals surface area contributed by atoms with E-state index in [4.69, 9.17) is 0 Å². The van der Waals surface area contributed by atoms with Crippen LogP contribution in [0.5, 0.6) is 0 Å². The van der Waals surface area contributed by atoms with Gasteiger partial charge in [0, 0.05) is 29.9 Å². The minimum atomic E-state index is -0.182. The minimum absolute atomic E-state index is 0.182. The van der Waals surface area contributed by atoms with Gasteiger partial charge in [0.2, 0.25) is 0 Å². The number of anilines is 1. The van der Waals surface area contributed by atoms with Gasteiger partial charge in [-0.25, -0.2) is 0 Å². The van der Waals surface area contributed by atoms with Crippen LogP contribution in [0.4, 0.5) is 10.1 Å². The standard InChI is InChI=1S/C32H39FN2O/c1-21-13-28-27-7-3-2-6-24(27)16-29(28)30(35(21)32-17-31(18-32,19-32)20-36)23-8-10-25(11-9-23)34-26-14-22(15-26)5-4-12-33/h2-3,6-11,21-22,26,30,34,36H,4-5,12-20H2,1H3. The van der Waals surface area contributed by atoms with Gasteiger partial charge in [-0.3, -0.25) is 9.29 Å². The Hall–Kier alpha value is -2.17. The molecule has 4 fully saturated rings. The zero-order chi connectivity index (χ0) is 24.5. The maximum Gasteiger partial charge on any atom is 0.0894 e. The molecule has 2 aromatic rings. The van der Waals surface area contributed by atoms with E-state index >= 15 is 0 Å². The smallest absolute Gasteiger partial charge is 0.0894 e. The van der Waals surface area contributed by atoms with Gasteiger partial charge in [-0.1, -0.05) is 36.4 Å². The predicted octanol–water partition coefficient (Wildman–Crippen LogP) is 6.69. The van der Waals surface area contributed by atoms with Crippen LogP contribution in [0.15, 0.2) is 54.1 Å². The van der Waals surface area contributed by atoms with Crippen LogP contribution in [0.3, 0.4) is 0 Å². The summed E-state index contributed by atoms with van der Waals surface area (Å²) in [7, 11) is 0. The Bertz CT molecular complexity index is 1160. The molecule has 0 saturated heterocycles. The zero-order valence-electron chi connectivity index (χ0n) is 21.5. The van der Waals surface area contributed by atoms with Gasteiger partial charge in [0.15, 0.2) is 0 Å². The molecule has 3 nitrogen and oxygen atoms in total. The highest BCUT2D eigenvalue weighted by atomic mass is 19.1. The number of hydrogen-bond donors (Lipinski definition) is 2. The van der Waals surface area contributed by atoms with Crippen molar-refractivity contribution in [1.82, 2.24) is 4.90 Å². The first-order valence-corrected chi connectivity index (χ1v) is 14.2. The summed E-state index contributed by atoms with van der Waals surface area (Å²) in [5.41, 5.74) is 9.22. The molecule has 0 spiro atoms. The van der Waals surface area contributed by atoms with Gasteiger partial charge in [0.25, 0.3) is 0 Å². The minimum Gasteiger partial charge on any atom is -0.396 e. The number of benzene rings is 2. The molecule has 5 aliphatic carbocycles. The Balaban J connectivity index is 1.15. The quantitative estimate of drug-likeness (QED) is 0.436. The van der Waals surface area contributed by atoms with E-state index in [1.807, 2.05) is 0 Å². The lowest BCUT2D eigenvalue weighted by Gasteiger charge is -2.76. The van der Waals surface area contributed by atoms with Gasteiger partial charge < -0.3 is 10.4 Å². The Kier molecular flexibility index (Phi) is 5.38. The molecule has 0 amide bonds. The number of nitrogens with zero attached hydrogens (tertiary/aromatic N) is 1. The lowest BCUT2D eigenvalue weighted by molar-refractivity contribution is -0.253. The van der Waals surface area contributed by atoms with Gasteiger partial charge in [-0.2, -0.15) is 0 Å². The summed E-state index contributed by atoms with van der Waals surface area (Å²) in [6.45, 7) is 2.59. The second kappa shape index (κ2) is 8.43. The molecule has 1 aliphatic heterocycles. The molecule has 2 N–H and O–H groups in total. The molecule has 2 atom stereocenters. The lowest BCUT2D eigenvalue weighted by atomic mass is 9.38. The summed E-state index contributed by atoms with van der Waals surface area (Å²) < 4.78 is 12.5. The van der Waals surface area contributed by atoms with Crippen molar-refractivity contribution >= 4 is 11.3 Å². The molecule has 0 aromatic heterocycles. The molecule has 2 bridgehead atoms. The molecule has 6 aliphatic rings. The van der Waals surface area contributed by atoms with Crippen LogP contribution in [0, 0.1) is 11.3 Å². The van der Waals surface area contributed by atoms with Crippen molar-refractivity contribution in [3.8, 4) is 0 Å². The SMILES string of the molecule is CC1CC2=C(Cc3ccccc32)C(c2ccc(NC3CC(CCCF)C3)cc2)N1C12CC(CO)(C1)C2. The maximum atomic E-state index is 12.5. The van der Waals surface area contributed by atoms with Crippen molar-refractivity contribution in [3.05, 3.63) is 70.8 Å². The van der Waals surface area contributed by atoms with E-state index in [0.717, 1.165) is 38.5 Å². The number of rotatable bonds is 8. The summed E-state index contributed by atoms with van der Waals surface area (Å²) >= 11 is 0. The van der Waals surface area contributed by atoms with Crippen LogP contribution >= 0.6 is 0 Å². The first kappa shape index (κ1) is 23.0. The Morgan fingerprint density at radius 3 is 2.53 bits per heavy atom. The van der Waals surface area contributed by atoms with Crippen LogP contribution in [-0.4, -0.2) is 40.9 Å². The molecule has 4 saturated carbocycles. The third-order valence-electron chi connectivity index (χ3n) is 10.3. The first-order chi connectivity index (χ1) is 17.5. The molecule has 36 heavy (non-hydrogen) atoms. The monoisotopic (exact) mass is 486 g/mol. The van der Waals surface area contributed by atoms with Gasteiger partial charge in [0.05, 0.1) is 12.7 Å². The molecule has 4 heteroatoms. The van der Waals surface area contributed by atoms with Crippen molar-refractivity contribution in [2.45, 2.75) is 88.4 Å². The fraction of sp³-hybridized carbons (Fsp3) is 0.562. The Labute approximate surface area is 214 Å². The fourth-order valence-electron chi connectivity index (χ4n) is 8.71. The molecule has 190 valence electrons. The summed E-state index contributed by atoms with van der Waals surface area (Å²) in [5.74, 6) is 0.694. The molecule has 1 heterocycles. The second-order valence-electron chi connectivity index (χ2n) is 12.7. The van der Waals surface area contributed by atoms with Gasteiger partial charge in [-0.15, -0.1) is 0 Å². The van der Waals surface area contributed by atoms with E-state index in [1.165, 1.54) is 35.2 Å². The van der Waals surface area contributed by atoms with Crippen molar-refractivity contribution in [1.29, 1.82) is 0 Å². The summed E-state index contributed by atoms with van der Waals surface area (Å²) in [4.78, 5) is 2.86. The molecule has 2 aromatic carbocycles. The summed E-state index contributed by atoms with van der Waals surface area (Å²) in [6, 6.07) is 19.6. The largest absolute Gasteiger partial charge is 0.396 e. The van der Waals surface area contributed by atoms with Crippen LogP contribution in [-0.2, 0) is 6.42 Å². The molecular weight excluding hydrogens is 447 g/mol. The average Bonchev–Trinajstić information content (AvgIpc) is 3.18. The Morgan fingerprint density at radius 1 is 1.06 bits per heavy atom. The van der Waals surface area contributed by atoms with Gasteiger partial charge in [0.1, 0.15) is 0 Å². The topological polar surface area (TPSA) is 35.5 Å². The van der Waals surface area contributed by atoms with Crippen molar-refractivity contribution in [3.63, 3.8) is 0 Å². The Morgan fingerprint density at radius 2 is 1.81 bits per heavy atom. The van der Waals surface area contributed by atoms with Crippen LogP contribution in [0.2, 0.25) is 0 Å². The third kappa shape index (κ3) is 3.44. The van der Waals surface area contributed by atoms with E-state index in [-0.39, 0.29) is 17.6 Å². The van der Waals surface area contributed by atoms with E-state index in [9.17, 15) is 9.50 Å². The van der Waals surface area contributed by atoms with Gasteiger partial charge >= 0.3 is 0 Å². The highest BCUT2D eigenvalue weighted by molar-refractivity contribution is 5.79. The predicted molar refractivity (Wildman–Crippen MR) is 144 cm³/mol. The number of alkyl halides is 1. The number of nitrogens with one attached hydrogen (secondary N) is 1. The maximum absolute atomic E-state index is 12.5. The zero-order valence-corrected chi connectivity index (χ0v) is 21.5. The van der Waals surface area contributed by atoms with Crippen molar-refractivity contribution in [2.24, 2.45) is 11.3 Å². The van der Waals surface area contributed by atoms with E-state index in [0.29, 0.717) is 37.1 Å². The molecule has 8 rings (SSSR count). The van der Waals surface area contributed by atoms with E-state index in [1.54, 1.807) is 11.1 Å². The normalized spacial score (nSPS) is 36.4. The highest BCUT2D eigenvalue weighted by Crippen LogP contribution is 2.72. The van der Waals surface area contributed by atoms with Crippen LogP contribution < -0.4 is 5.32 Å². The van der Waals surface area contributed by atoms with E-state index in [2.05, 4.69) is 65.7 Å². The van der Waals surface area contributed by atoms with Crippen molar-refractivity contribution < 1.29 is 9.50 Å². The molecule has 0 radical (unpaired) electrons. The first-order valence-electron chi connectivity index (χ1n) is 14.2. The average molecular weight is 487 g/mol. The van der Waals surface area contributed by atoms with Crippen LogP contribution in [0.25, 0.3) is 5.57 Å². The lowest BCUT2D eigenvalue weighted by Crippen LogP contribution is -2.77. The third-order valence-corrected chi connectivity index (χ3v) is 10.3. The summed E-state index contributed by atoms with van der Waals surface area (Å²) in [6.07, 6.45) is 9.71. The second-order valence-corrected chi connectivity index (χ2v) is 12.7.